The van der Waals surface area contributed by atoms with Crippen LogP contribution in [0, 0.1) is 5.82 Å². The average Bonchev–Trinajstić information content (AvgIpc) is 2.65. The Morgan fingerprint density at radius 2 is 1.83 bits per heavy atom. The van der Waals surface area contributed by atoms with Crippen molar-refractivity contribution in [3.63, 3.8) is 0 Å². The second-order valence-corrected chi connectivity index (χ2v) is 10.5. The zero-order valence-corrected chi connectivity index (χ0v) is 21.4. The van der Waals surface area contributed by atoms with Crippen molar-refractivity contribution >= 4 is 51.5 Å². The molecule has 0 heterocycles. The maximum atomic E-state index is 13.7. The number of hydrogen-bond donors (Lipinski definition) is 2. The van der Waals surface area contributed by atoms with Gasteiger partial charge in [-0.2, -0.15) is 0 Å². The molecule has 0 aliphatic heterocycles. The van der Waals surface area contributed by atoms with E-state index in [1.165, 1.54) is 29.4 Å². The molecule has 1 unspecified atom stereocenters. The molecule has 1 atom stereocenters. The Labute approximate surface area is 200 Å². The fraction of sp³-hybridized carbons (Fsp3) is 0.381. The summed E-state index contributed by atoms with van der Waals surface area (Å²) in [6.07, 6.45) is 1.17. The zero-order valence-electron chi connectivity index (χ0n) is 17.4. The van der Waals surface area contributed by atoms with E-state index in [9.17, 15) is 12.8 Å². The van der Waals surface area contributed by atoms with Crippen LogP contribution in [-0.2, 0) is 22.1 Å². The molecule has 30 heavy (non-hydrogen) atoms. The highest BCUT2D eigenvalue weighted by Crippen LogP contribution is 2.22. The Morgan fingerprint density at radius 3 is 2.47 bits per heavy atom. The molecule has 0 radical (unpaired) electrons. The maximum Gasteiger partial charge on any atom is 0.191 e. The van der Waals surface area contributed by atoms with E-state index < -0.39 is 15.7 Å². The number of benzene rings is 2. The fourth-order valence-corrected chi connectivity index (χ4v) is 4.48. The van der Waals surface area contributed by atoms with Gasteiger partial charge in [-0.25, -0.2) is 17.8 Å². The van der Waals surface area contributed by atoms with Gasteiger partial charge >= 0.3 is 0 Å². The Bertz CT molecular complexity index is 925. The number of aliphatic imine (C=N–C) groups is 1. The summed E-state index contributed by atoms with van der Waals surface area (Å²) in [5.74, 6) is 0.0770. The predicted molar refractivity (Wildman–Crippen MR) is 135 cm³/mol. The SMILES string of the molecule is CCNC(=NCc1cc(F)ccc1CS(C)(=O)=O)NCC(C)Sc1ccccc1.I. The molecule has 2 aromatic rings. The van der Waals surface area contributed by atoms with Crippen molar-refractivity contribution < 1.29 is 12.8 Å². The molecule has 0 amide bonds. The number of halogens is 2. The van der Waals surface area contributed by atoms with Crippen molar-refractivity contribution in [3.8, 4) is 0 Å². The molecular weight excluding hydrogens is 536 g/mol. The Balaban J connectivity index is 0.00000450. The van der Waals surface area contributed by atoms with Crippen molar-refractivity contribution in [1.82, 2.24) is 10.6 Å². The van der Waals surface area contributed by atoms with E-state index in [0.717, 1.165) is 0 Å². The number of sulfone groups is 1. The first kappa shape index (κ1) is 26.7. The quantitative estimate of drug-likeness (QED) is 0.206. The molecule has 5 nitrogen and oxygen atoms in total. The van der Waals surface area contributed by atoms with Crippen LogP contribution in [0.4, 0.5) is 4.39 Å². The second kappa shape index (κ2) is 13.2. The van der Waals surface area contributed by atoms with E-state index in [1.807, 2.05) is 25.1 Å². The van der Waals surface area contributed by atoms with Gasteiger partial charge in [-0.05, 0) is 42.3 Å². The molecule has 0 fully saturated rings. The lowest BCUT2D eigenvalue weighted by atomic mass is 10.1. The van der Waals surface area contributed by atoms with Crippen molar-refractivity contribution in [2.24, 2.45) is 4.99 Å². The van der Waals surface area contributed by atoms with Gasteiger partial charge in [0.1, 0.15) is 5.82 Å². The molecule has 166 valence electrons. The van der Waals surface area contributed by atoms with Crippen LogP contribution < -0.4 is 10.6 Å². The minimum absolute atomic E-state index is 0. The number of nitrogens with one attached hydrogen (secondary N) is 2. The molecule has 2 aromatic carbocycles. The zero-order chi connectivity index (χ0) is 21.3. The Kier molecular flexibility index (Phi) is 11.7. The van der Waals surface area contributed by atoms with E-state index >= 15 is 0 Å². The number of nitrogens with zero attached hydrogens (tertiary/aromatic N) is 1. The van der Waals surface area contributed by atoms with Crippen LogP contribution in [0.5, 0.6) is 0 Å². The molecule has 0 saturated carbocycles. The van der Waals surface area contributed by atoms with Gasteiger partial charge in [0.2, 0.25) is 0 Å². The first-order valence-corrected chi connectivity index (χ1v) is 12.4. The standard InChI is InChI=1S/C21H28FN3O2S2.HI/c1-4-23-21(24-13-16(2)28-20-8-6-5-7-9-20)25-14-18-12-19(22)11-10-17(18)15-29(3,26)27;/h5-12,16H,4,13-15H2,1-3H3,(H2,23,24,25);1H. The van der Waals surface area contributed by atoms with Crippen molar-refractivity contribution in [2.75, 3.05) is 19.3 Å². The lowest BCUT2D eigenvalue weighted by Gasteiger charge is -2.16. The third-order valence-corrected chi connectivity index (χ3v) is 5.92. The number of guanidine groups is 1. The summed E-state index contributed by atoms with van der Waals surface area (Å²) in [4.78, 5) is 5.72. The molecule has 9 heteroatoms. The van der Waals surface area contributed by atoms with Crippen LogP contribution in [0.25, 0.3) is 0 Å². The summed E-state index contributed by atoms with van der Waals surface area (Å²) in [5, 5.41) is 6.79. The molecule has 0 bridgehead atoms. The Morgan fingerprint density at radius 1 is 1.13 bits per heavy atom. The van der Waals surface area contributed by atoms with E-state index in [0.29, 0.717) is 35.4 Å². The van der Waals surface area contributed by atoms with Gasteiger partial charge in [0.05, 0.1) is 12.3 Å². The van der Waals surface area contributed by atoms with Crippen LogP contribution in [0.2, 0.25) is 0 Å². The summed E-state index contributed by atoms with van der Waals surface area (Å²) in [5.41, 5.74) is 1.14. The van der Waals surface area contributed by atoms with Gasteiger partial charge in [0.25, 0.3) is 0 Å². The van der Waals surface area contributed by atoms with Crippen molar-refractivity contribution in [3.05, 3.63) is 65.5 Å². The van der Waals surface area contributed by atoms with E-state index in [2.05, 4.69) is 34.7 Å². The summed E-state index contributed by atoms with van der Waals surface area (Å²) in [7, 11) is -3.22. The lowest BCUT2D eigenvalue weighted by molar-refractivity contribution is 0.600. The first-order valence-electron chi connectivity index (χ1n) is 9.45. The highest BCUT2D eigenvalue weighted by atomic mass is 127. The van der Waals surface area contributed by atoms with Crippen LogP contribution in [0.1, 0.15) is 25.0 Å². The highest BCUT2D eigenvalue weighted by Gasteiger charge is 2.11. The largest absolute Gasteiger partial charge is 0.357 e. The van der Waals surface area contributed by atoms with Gasteiger partial charge in [-0.1, -0.05) is 31.2 Å². The second-order valence-electron chi connectivity index (χ2n) is 6.80. The summed E-state index contributed by atoms with van der Waals surface area (Å²) >= 11 is 1.77. The average molecular weight is 566 g/mol. The first-order chi connectivity index (χ1) is 13.8. The summed E-state index contributed by atoms with van der Waals surface area (Å²) in [6, 6.07) is 14.3. The molecule has 2 N–H and O–H groups in total. The lowest BCUT2D eigenvalue weighted by Crippen LogP contribution is -2.40. The van der Waals surface area contributed by atoms with E-state index in [-0.39, 0.29) is 36.3 Å². The topological polar surface area (TPSA) is 70.6 Å². The van der Waals surface area contributed by atoms with Crippen LogP contribution in [0.3, 0.4) is 0 Å². The minimum Gasteiger partial charge on any atom is -0.357 e. The smallest absolute Gasteiger partial charge is 0.191 e. The van der Waals surface area contributed by atoms with Gasteiger partial charge in [-0.15, -0.1) is 35.7 Å². The molecule has 0 spiro atoms. The van der Waals surface area contributed by atoms with Crippen LogP contribution in [0.15, 0.2) is 58.4 Å². The van der Waals surface area contributed by atoms with Gasteiger partial charge in [0.15, 0.2) is 15.8 Å². The summed E-state index contributed by atoms with van der Waals surface area (Å²) in [6.45, 7) is 5.68. The molecular formula is C21H29FIN3O2S2. The van der Waals surface area contributed by atoms with Gasteiger partial charge in [-0.3, -0.25) is 0 Å². The van der Waals surface area contributed by atoms with Crippen LogP contribution in [-0.4, -0.2) is 39.0 Å². The molecule has 0 saturated heterocycles. The predicted octanol–water partition coefficient (Wildman–Crippen LogP) is 4.22. The monoisotopic (exact) mass is 565 g/mol. The number of hydrogen-bond acceptors (Lipinski definition) is 4. The normalized spacial score (nSPS) is 12.7. The van der Waals surface area contributed by atoms with Gasteiger partial charge < -0.3 is 10.6 Å². The fourth-order valence-electron chi connectivity index (χ4n) is 2.68. The van der Waals surface area contributed by atoms with E-state index in [4.69, 9.17) is 0 Å². The molecule has 2 rings (SSSR count). The van der Waals surface area contributed by atoms with Crippen LogP contribution >= 0.6 is 35.7 Å². The van der Waals surface area contributed by atoms with Gasteiger partial charge in [0, 0.05) is 29.5 Å². The van der Waals surface area contributed by atoms with Crippen molar-refractivity contribution in [1.29, 1.82) is 0 Å². The third kappa shape index (κ3) is 10.1. The van der Waals surface area contributed by atoms with E-state index in [1.54, 1.807) is 11.8 Å². The Hall–Kier alpha value is -1.33. The molecule has 0 aliphatic rings. The summed E-state index contributed by atoms with van der Waals surface area (Å²) < 4.78 is 37.0. The minimum atomic E-state index is -3.22. The number of thioether (sulfide) groups is 1. The highest BCUT2D eigenvalue weighted by molar-refractivity contribution is 14.0. The van der Waals surface area contributed by atoms with Crippen molar-refractivity contribution in [2.45, 2.75) is 36.3 Å². The number of rotatable bonds is 9. The third-order valence-electron chi connectivity index (χ3n) is 3.98. The molecule has 0 aromatic heterocycles. The maximum absolute atomic E-state index is 13.7. The molecule has 0 aliphatic carbocycles.